The Kier molecular flexibility index (Phi) is 3.23. The third-order valence-corrected chi connectivity index (χ3v) is 3.04. The maximum atomic E-state index is 5.99. The van der Waals surface area contributed by atoms with Gasteiger partial charge in [-0.2, -0.15) is 0 Å². The Labute approximate surface area is 91.1 Å². The molecule has 0 saturated carbocycles. The molecular weight excluding hydrogens is 186 g/mol. The van der Waals surface area contributed by atoms with Crippen molar-refractivity contribution in [2.75, 3.05) is 18.8 Å². The summed E-state index contributed by atoms with van der Waals surface area (Å²) in [5.74, 6) is 0. The van der Waals surface area contributed by atoms with E-state index in [2.05, 4.69) is 17.0 Å². The van der Waals surface area contributed by atoms with Crippen LogP contribution in [0.25, 0.3) is 0 Å². The molecule has 0 aromatic heterocycles. The van der Waals surface area contributed by atoms with Crippen LogP contribution in [-0.2, 0) is 13.1 Å². The maximum absolute atomic E-state index is 5.99. The number of likely N-dealkylation sites (tertiary alicyclic amines) is 1. The van der Waals surface area contributed by atoms with E-state index in [1.807, 2.05) is 6.07 Å². The molecule has 4 N–H and O–H groups in total. The summed E-state index contributed by atoms with van der Waals surface area (Å²) in [5.41, 5.74) is 14.8. The molecule has 0 bridgehead atoms. The minimum atomic E-state index is 0.564. The van der Waals surface area contributed by atoms with Gasteiger partial charge >= 0.3 is 0 Å². The van der Waals surface area contributed by atoms with Crippen LogP contribution in [0, 0.1) is 0 Å². The number of nitrogens with zero attached hydrogens (tertiary/aromatic N) is 1. The monoisotopic (exact) mass is 205 g/mol. The molecule has 0 unspecified atom stereocenters. The van der Waals surface area contributed by atoms with E-state index in [9.17, 15) is 0 Å². The first-order valence-corrected chi connectivity index (χ1v) is 5.59. The van der Waals surface area contributed by atoms with Crippen LogP contribution in [-0.4, -0.2) is 18.0 Å². The molecule has 1 aromatic rings. The SMILES string of the molecule is NCc1ccc(CN2CCCC2)c(N)c1. The zero-order valence-electron chi connectivity index (χ0n) is 9.08. The zero-order valence-corrected chi connectivity index (χ0v) is 9.08. The number of nitrogen functional groups attached to an aromatic ring is 1. The second-order valence-corrected chi connectivity index (χ2v) is 4.22. The molecule has 1 saturated heterocycles. The van der Waals surface area contributed by atoms with Gasteiger partial charge in [0.1, 0.15) is 0 Å². The Morgan fingerprint density at radius 2 is 1.93 bits per heavy atom. The lowest BCUT2D eigenvalue weighted by molar-refractivity contribution is 0.332. The summed E-state index contributed by atoms with van der Waals surface area (Å²) in [6.45, 7) is 3.96. The third kappa shape index (κ3) is 2.49. The average Bonchev–Trinajstić information content (AvgIpc) is 2.74. The summed E-state index contributed by atoms with van der Waals surface area (Å²) in [4.78, 5) is 2.45. The van der Waals surface area contributed by atoms with E-state index in [0.717, 1.165) is 17.8 Å². The van der Waals surface area contributed by atoms with Gasteiger partial charge in [0, 0.05) is 18.8 Å². The fourth-order valence-corrected chi connectivity index (χ4v) is 2.10. The Hall–Kier alpha value is -1.06. The van der Waals surface area contributed by atoms with Gasteiger partial charge in [0.2, 0.25) is 0 Å². The van der Waals surface area contributed by atoms with E-state index in [4.69, 9.17) is 11.5 Å². The quantitative estimate of drug-likeness (QED) is 0.732. The lowest BCUT2D eigenvalue weighted by atomic mass is 10.1. The normalized spacial score (nSPS) is 17.1. The van der Waals surface area contributed by atoms with Crippen LogP contribution < -0.4 is 11.5 Å². The van der Waals surface area contributed by atoms with E-state index in [1.165, 1.54) is 31.5 Å². The molecule has 3 nitrogen and oxygen atoms in total. The van der Waals surface area contributed by atoms with Crippen molar-refractivity contribution in [3.8, 4) is 0 Å². The minimum Gasteiger partial charge on any atom is -0.398 e. The van der Waals surface area contributed by atoms with Gasteiger partial charge in [-0.3, -0.25) is 4.90 Å². The molecule has 0 amide bonds. The molecule has 3 heteroatoms. The van der Waals surface area contributed by atoms with Gasteiger partial charge < -0.3 is 11.5 Å². The smallest absolute Gasteiger partial charge is 0.0362 e. The van der Waals surface area contributed by atoms with Crippen LogP contribution in [0.1, 0.15) is 24.0 Å². The lowest BCUT2D eigenvalue weighted by Gasteiger charge is -2.16. The molecule has 0 spiro atoms. The number of nitrogens with two attached hydrogens (primary N) is 2. The highest BCUT2D eigenvalue weighted by Gasteiger charge is 2.12. The predicted molar refractivity (Wildman–Crippen MR) is 63.3 cm³/mol. The maximum Gasteiger partial charge on any atom is 0.0362 e. The van der Waals surface area contributed by atoms with Gasteiger partial charge in [-0.15, -0.1) is 0 Å². The Balaban J connectivity index is 2.07. The number of hydrogen-bond donors (Lipinski definition) is 2. The first-order chi connectivity index (χ1) is 7.29. The molecular formula is C12H19N3. The molecule has 1 fully saturated rings. The van der Waals surface area contributed by atoms with Crippen LogP contribution in [0.15, 0.2) is 18.2 Å². The summed E-state index contributed by atoms with van der Waals surface area (Å²) < 4.78 is 0. The fraction of sp³-hybridized carbons (Fsp3) is 0.500. The lowest BCUT2D eigenvalue weighted by Crippen LogP contribution is -2.19. The first-order valence-electron chi connectivity index (χ1n) is 5.59. The van der Waals surface area contributed by atoms with Crippen molar-refractivity contribution in [3.05, 3.63) is 29.3 Å². The van der Waals surface area contributed by atoms with Gasteiger partial charge in [-0.05, 0) is 43.1 Å². The van der Waals surface area contributed by atoms with E-state index < -0.39 is 0 Å². The standard InChI is InChI=1S/C12H19N3/c13-8-10-3-4-11(12(14)7-10)9-15-5-1-2-6-15/h3-4,7H,1-2,5-6,8-9,13-14H2. The van der Waals surface area contributed by atoms with E-state index in [0.29, 0.717) is 6.54 Å². The number of hydrogen-bond acceptors (Lipinski definition) is 3. The summed E-state index contributed by atoms with van der Waals surface area (Å²) in [6.07, 6.45) is 2.64. The van der Waals surface area contributed by atoms with Crippen molar-refractivity contribution >= 4 is 5.69 Å². The van der Waals surface area contributed by atoms with Crippen LogP contribution in [0.5, 0.6) is 0 Å². The largest absolute Gasteiger partial charge is 0.398 e. The van der Waals surface area contributed by atoms with Crippen molar-refractivity contribution in [1.29, 1.82) is 0 Å². The summed E-state index contributed by atoms with van der Waals surface area (Å²) in [7, 11) is 0. The van der Waals surface area contributed by atoms with Crippen molar-refractivity contribution in [3.63, 3.8) is 0 Å². The topological polar surface area (TPSA) is 55.3 Å². The second-order valence-electron chi connectivity index (χ2n) is 4.22. The molecule has 0 aliphatic carbocycles. The van der Waals surface area contributed by atoms with Crippen molar-refractivity contribution in [1.82, 2.24) is 4.90 Å². The highest BCUT2D eigenvalue weighted by molar-refractivity contribution is 5.49. The van der Waals surface area contributed by atoms with Gasteiger partial charge in [-0.1, -0.05) is 12.1 Å². The van der Waals surface area contributed by atoms with Gasteiger partial charge in [-0.25, -0.2) is 0 Å². The Morgan fingerprint density at radius 1 is 1.20 bits per heavy atom. The van der Waals surface area contributed by atoms with Crippen LogP contribution in [0.4, 0.5) is 5.69 Å². The van der Waals surface area contributed by atoms with E-state index >= 15 is 0 Å². The summed E-state index contributed by atoms with van der Waals surface area (Å²) >= 11 is 0. The molecule has 15 heavy (non-hydrogen) atoms. The molecule has 0 radical (unpaired) electrons. The van der Waals surface area contributed by atoms with Gasteiger partial charge in [0.05, 0.1) is 0 Å². The zero-order chi connectivity index (χ0) is 10.7. The molecule has 1 aliphatic rings. The van der Waals surface area contributed by atoms with Crippen LogP contribution in [0.3, 0.4) is 0 Å². The number of benzene rings is 1. The van der Waals surface area contributed by atoms with E-state index in [1.54, 1.807) is 0 Å². The molecule has 1 heterocycles. The van der Waals surface area contributed by atoms with Crippen molar-refractivity contribution in [2.45, 2.75) is 25.9 Å². The summed E-state index contributed by atoms with van der Waals surface area (Å²) in [6, 6.07) is 6.17. The molecule has 2 rings (SSSR count). The van der Waals surface area contributed by atoms with Crippen LogP contribution in [0.2, 0.25) is 0 Å². The molecule has 1 aliphatic heterocycles. The van der Waals surface area contributed by atoms with Crippen molar-refractivity contribution < 1.29 is 0 Å². The van der Waals surface area contributed by atoms with Gasteiger partial charge in [0.25, 0.3) is 0 Å². The predicted octanol–water partition coefficient (Wildman–Crippen LogP) is 1.32. The Bertz CT molecular complexity index is 330. The third-order valence-electron chi connectivity index (χ3n) is 3.04. The van der Waals surface area contributed by atoms with Gasteiger partial charge in [0.15, 0.2) is 0 Å². The fourth-order valence-electron chi connectivity index (χ4n) is 2.10. The second kappa shape index (κ2) is 4.64. The highest BCUT2D eigenvalue weighted by atomic mass is 15.1. The molecule has 0 atom stereocenters. The average molecular weight is 205 g/mol. The summed E-state index contributed by atoms with van der Waals surface area (Å²) in [5, 5.41) is 0. The number of rotatable bonds is 3. The van der Waals surface area contributed by atoms with Crippen LogP contribution >= 0.6 is 0 Å². The minimum absolute atomic E-state index is 0.564. The molecule has 1 aromatic carbocycles. The van der Waals surface area contributed by atoms with E-state index in [-0.39, 0.29) is 0 Å². The number of anilines is 1. The Morgan fingerprint density at radius 3 is 2.53 bits per heavy atom. The molecule has 82 valence electrons. The van der Waals surface area contributed by atoms with Crippen molar-refractivity contribution in [2.24, 2.45) is 5.73 Å². The highest BCUT2D eigenvalue weighted by Crippen LogP contribution is 2.18. The first kappa shape index (κ1) is 10.5.